The van der Waals surface area contributed by atoms with Crippen LogP contribution in [0.15, 0.2) is 194 Å². The fourth-order valence-corrected chi connectivity index (χ4v) is 9.62. The van der Waals surface area contributed by atoms with E-state index in [-0.39, 0.29) is 0 Å². The van der Waals surface area contributed by atoms with Crippen molar-refractivity contribution < 1.29 is 0 Å². The first-order valence-electron chi connectivity index (χ1n) is 22.1. The standard InChI is InChI=1S/C60H52N2/c1-39(2)49-21-13-15-23-53(49)61(57-37-47(27-25-41(57)5)43-17-9-7-10-18-43)55-35-31-45-30-34-52-56(36-32-46-29-33-51(55)59(45)60(46)52)62(54-24-16-14-22-50(54)40(3)4)58-38-48(28-26-42(58)6)44-19-11-8-12-20-44/h7-40H,1-6H3. The molecule has 0 fully saturated rings. The lowest BCUT2D eigenvalue weighted by Gasteiger charge is -2.33. The van der Waals surface area contributed by atoms with Crippen molar-refractivity contribution in [2.75, 3.05) is 9.80 Å². The first-order chi connectivity index (χ1) is 30.3. The van der Waals surface area contributed by atoms with Gasteiger partial charge in [-0.25, -0.2) is 0 Å². The van der Waals surface area contributed by atoms with Crippen LogP contribution in [0.1, 0.15) is 61.8 Å². The van der Waals surface area contributed by atoms with Crippen molar-refractivity contribution in [3.05, 3.63) is 216 Å². The van der Waals surface area contributed by atoms with Crippen LogP contribution in [0.3, 0.4) is 0 Å². The Morgan fingerprint density at radius 2 is 0.677 bits per heavy atom. The maximum atomic E-state index is 2.54. The maximum absolute atomic E-state index is 2.54. The van der Waals surface area contributed by atoms with Crippen LogP contribution >= 0.6 is 0 Å². The SMILES string of the molecule is Cc1ccc(-c2ccccc2)cc1N(c1ccccc1C(C)C)c1ccc2ccc3c(N(c4cc(-c5ccccc5)ccc4C)c4ccccc4C(C)C)ccc4ccc1c2c43. The molecule has 0 saturated carbocycles. The van der Waals surface area contributed by atoms with Gasteiger partial charge in [-0.1, -0.05) is 185 Å². The van der Waals surface area contributed by atoms with Crippen LogP contribution in [0.5, 0.6) is 0 Å². The van der Waals surface area contributed by atoms with Gasteiger partial charge in [-0.2, -0.15) is 0 Å². The smallest absolute Gasteiger partial charge is 0.0540 e. The fraction of sp³-hybridized carbons (Fsp3) is 0.133. The molecule has 10 aromatic carbocycles. The molecule has 0 aliphatic rings. The monoisotopic (exact) mass is 800 g/mol. The summed E-state index contributed by atoms with van der Waals surface area (Å²) in [6, 6.07) is 72.0. The summed E-state index contributed by atoms with van der Waals surface area (Å²) < 4.78 is 0. The summed E-state index contributed by atoms with van der Waals surface area (Å²) in [6.45, 7) is 13.7. The molecule has 0 spiro atoms. The number of hydrogen-bond donors (Lipinski definition) is 0. The van der Waals surface area contributed by atoms with Crippen LogP contribution in [-0.4, -0.2) is 0 Å². The molecule has 0 unspecified atom stereocenters. The first-order valence-corrected chi connectivity index (χ1v) is 22.1. The minimum Gasteiger partial charge on any atom is -0.309 e. The van der Waals surface area contributed by atoms with E-state index in [2.05, 4.69) is 245 Å². The van der Waals surface area contributed by atoms with Gasteiger partial charge in [-0.15, -0.1) is 0 Å². The number of para-hydroxylation sites is 2. The van der Waals surface area contributed by atoms with E-state index in [1.54, 1.807) is 0 Å². The second-order valence-corrected chi connectivity index (χ2v) is 17.4. The normalized spacial score (nSPS) is 11.7. The fourth-order valence-electron chi connectivity index (χ4n) is 9.62. The molecule has 0 heterocycles. The highest BCUT2D eigenvalue weighted by Gasteiger charge is 2.26. The average molecular weight is 801 g/mol. The number of rotatable bonds is 10. The molecule has 0 radical (unpaired) electrons. The van der Waals surface area contributed by atoms with Crippen molar-refractivity contribution in [1.82, 2.24) is 0 Å². The van der Waals surface area contributed by atoms with Crippen LogP contribution in [0, 0.1) is 13.8 Å². The zero-order valence-corrected chi connectivity index (χ0v) is 36.5. The summed E-state index contributed by atoms with van der Waals surface area (Å²) in [4.78, 5) is 5.07. The van der Waals surface area contributed by atoms with E-state index in [1.165, 1.54) is 111 Å². The van der Waals surface area contributed by atoms with E-state index in [0.29, 0.717) is 11.8 Å². The molecular weight excluding hydrogens is 749 g/mol. The van der Waals surface area contributed by atoms with Crippen LogP contribution in [0.4, 0.5) is 34.1 Å². The summed E-state index contributed by atoms with van der Waals surface area (Å²) in [5.41, 5.74) is 17.0. The second kappa shape index (κ2) is 16.0. The van der Waals surface area contributed by atoms with Gasteiger partial charge >= 0.3 is 0 Å². The maximum Gasteiger partial charge on any atom is 0.0540 e. The molecule has 10 rings (SSSR count). The number of anilines is 6. The molecule has 0 aliphatic heterocycles. The summed E-state index contributed by atoms with van der Waals surface area (Å²) in [7, 11) is 0. The zero-order valence-electron chi connectivity index (χ0n) is 36.5. The van der Waals surface area contributed by atoms with Crippen molar-refractivity contribution in [1.29, 1.82) is 0 Å². The Bertz CT molecular complexity index is 3000. The van der Waals surface area contributed by atoms with Gasteiger partial charge in [-0.3, -0.25) is 0 Å². The van der Waals surface area contributed by atoms with Gasteiger partial charge in [0.25, 0.3) is 0 Å². The van der Waals surface area contributed by atoms with Crippen LogP contribution in [0.2, 0.25) is 0 Å². The molecule has 302 valence electrons. The lowest BCUT2D eigenvalue weighted by molar-refractivity contribution is 0.864. The molecule has 10 aromatic rings. The highest BCUT2D eigenvalue weighted by Crippen LogP contribution is 2.50. The van der Waals surface area contributed by atoms with E-state index >= 15 is 0 Å². The predicted octanol–water partition coefficient (Wildman–Crippen LogP) is 17.7. The van der Waals surface area contributed by atoms with Gasteiger partial charge in [0, 0.05) is 33.5 Å². The number of hydrogen-bond acceptors (Lipinski definition) is 2. The molecule has 0 saturated heterocycles. The number of benzene rings is 10. The van der Waals surface area contributed by atoms with E-state index < -0.39 is 0 Å². The Labute approximate surface area is 366 Å². The minimum absolute atomic E-state index is 0.331. The summed E-state index contributed by atoms with van der Waals surface area (Å²) >= 11 is 0. The lowest BCUT2D eigenvalue weighted by Crippen LogP contribution is -2.15. The number of aryl methyl sites for hydroxylation is 2. The van der Waals surface area contributed by atoms with Crippen molar-refractivity contribution in [2.45, 2.75) is 53.4 Å². The zero-order chi connectivity index (χ0) is 42.5. The number of nitrogens with zero attached hydrogens (tertiary/aromatic N) is 2. The third-order valence-electron chi connectivity index (χ3n) is 12.8. The highest BCUT2D eigenvalue weighted by molar-refractivity contribution is 6.28. The van der Waals surface area contributed by atoms with E-state index in [4.69, 9.17) is 0 Å². The van der Waals surface area contributed by atoms with Gasteiger partial charge in [-0.05, 0) is 128 Å². The Morgan fingerprint density at radius 3 is 1.08 bits per heavy atom. The minimum atomic E-state index is 0.331. The van der Waals surface area contributed by atoms with E-state index in [0.717, 1.165) is 0 Å². The molecule has 0 bridgehead atoms. The summed E-state index contributed by atoms with van der Waals surface area (Å²) in [6.07, 6.45) is 0. The van der Waals surface area contributed by atoms with E-state index in [9.17, 15) is 0 Å². The Kier molecular flexibility index (Phi) is 10.1. The van der Waals surface area contributed by atoms with Gasteiger partial charge < -0.3 is 9.80 Å². The van der Waals surface area contributed by atoms with Crippen molar-refractivity contribution >= 4 is 66.4 Å². The summed E-state index contributed by atoms with van der Waals surface area (Å²) in [5.74, 6) is 0.661. The van der Waals surface area contributed by atoms with Crippen molar-refractivity contribution in [3.63, 3.8) is 0 Å². The van der Waals surface area contributed by atoms with E-state index in [1.807, 2.05) is 0 Å². The van der Waals surface area contributed by atoms with Crippen LogP contribution in [0.25, 0.3) is 54.6 Å². The molecule has 62 heavy (non-hydrogen) atoms. The molecule has 2 nitrogen and oxygen atoms in total. The van der Waals surface area contributed by atoms with Gasteiger partial charge in [0.2, 0.25) is 0 Å². The molecule has 0 atom stereocenters. The molecule has 0 aromatic heterocycles. The van der Waals surface area contributed by atoms with Crippen LogP contribution in [-0.2, 0) is 0 Å². The van der Waals surface area contributed by atoms with Crippen LogP contribution < -0.4 is 9.80 Å². The Morgan fingerprint density at radius 1 is 0.306 bits per heavy atom. The van der Waals surface area contributed by atoms with Gasteiger partial charge in [0.1, 0.15) is 0 Å². The average Bonchev–Trinajstić information content (AvgIpc) is 3.31. The first kappa shape index (κ1) is 39.0. The van der Waals surface area contributed by atoms with Gasteiger partial charge in [0.05, 0.1) is 11.4 Å². The summed E-state index contributed by atoms with van der Waals surface area (Å²) in [5, 5.41) is 7.52. The quantitative estimate of drug-likeness (QED) is 0.127. The third kappa shape index (κ3) is 6.77. The molecule has 0 N–H and O–H groups in total. The second-order valence-electron chi connectivity index (χ2n) is 17.4. The molecule has 0 aliphatic carbocycles. The molecule has 2 heteroatoms. The van der Waals surface area contributed by atoms with Crippen molar-refractivity contribution in [3.8, 4) is 22.3 Å². The third-order valence-corrected chi connectivity index (χ3v) is 12.8. The molecule has 0 amide bonds. The van der Waals surface area contributed by atoms with Crippen molar-refractivity contribution in [2.24, 2.45) is 0 Å². The molecular formula is C60H52N2. The Balaban J connectivity index is 1.25. The van der Waals surface area contributed by atoms with Gasteiger partial charge in [0.15, 0.2) is 0 Å². The topological polar surface area (TPSA) is 6.48 Å². The largest absolute Gasteiger partial charge is 0.309 e. The highest BCUT2D eigenvalue weighted by atomic mass is 15.2. The Hall–Kier alpha value is -7.16. The predicted molar refractivity (Wildman–Crippen MR) is 268 cm³/mol. The lowest BCUT2D eigenvalue weighted by atomic mass is 9.90.